The van der Waals surface area contributed by atoms with Crippen LogP contribution in [0.1, 0.15) is 11.3 Å². The highest BCUT2D eigenvalue weighted by atomic mass is 19.4. The van der Waals surface area contributed by atoms with Crippen molar-refractivity contribution in [3.63, 3.8) is 0 Å². The van der Waals surface area contributed by atoms with Gasteiger partial charge in [-0.05, 0) is 23.8 Å². The fourth-order valence-electron chi connectivity index (χ4n) is 2.04. The second-order valence-electron chi connectivity index (χ2n) is 4.76. The monoisotopic (exact) mass is 320 g/mol. The van der Waals surface area contributed by atoms with E-state index in [4.69, 9.17) is 5.73 Å². The number of anilines is 1. The molecule has 3 rings (SSSR count). The Balaban J connectivity index is 2.02. The van der Waals surface area contributed by atoms with Crippen LogP contribution in [0.4, 0.5) is 19.1 Å². The van der Waals surface area contributed by atoms with Crippen LogP contribution in [0.15, 0.2) is 43.0 Å². The van der Waals surface area contributed by atoms with E-state index in [9.17, 15) is 13.2 Å². The summed E-state index contributed by atoms with van der Waals surface area (Å²) in [7, 11) is 0. The molecule has 3 heterocycles. The first-order chi connectivity index (χ1) is 10.9. The van der Waals surface area contributed by atoms with Crippen LogP contribution in [-0.2, 0) is 12.7 Å². The van der Waals surface area contributed by atoms with Gasteiger partial charge in [0.1, 0.15) is 5.69 Å². The fourth-order valence-corrected chi connectivity index (χ4v) is 2.04. The van der Waals surface area contributed by atoms with Gasteiger partial charge in [-0.2, -0.15) is 18.3 Å². The molecule has 6 nitrogen and oxygen atoms in total. The Morgan fingerprint density at radius 2 is 1.74 bits per heavy atom. The molecule has 0 saturated carbocycles. The van der Waals surface area contributed by atoms with Gasteiger partial charge in [0.15, 0.2) is 0 Å². The molecule has 0 amide bonds. The standard InChI is InChI=1S/C14H11F3N6/c15-14(16,17)12-5-11(10-6-20-13(18)21-7-10)22-23(12)8-9-1-3-19-4-2-9/h1-7H,8H2,(H2,18,20,21). The number of nitrogen functional groups attached to an aromatic ring is 1. The van der Waals surface area contributed by atoms with E-state index in [-0.39, 0.29) is 18.2 Å². The van der Waals surface area contributed by atoms with Gasteiger partial charge >= 0.3 is 6.18 Å². The van der Waals surface area contributed by atoms with Crippen molar-refractivity contribution in [3.05, 3.63) is 54.2 Å². The van der Waals surface area contributed by atoms with E-state index in [1.165, 1.54) is 24.8 Å². The number of hydrogen-bond donors (Lipinski definition) is 1. The number of rotatable bonds is 3. The number of nitrogens with two attached hydrogens (primary N) is 1. The molecule has 0 aliphatic heterocycles. The molecule has 0 saturated heterocycles. The van der Waals surface area contributed by atoms with Crippen LogP contribution in [0.25, 0.3) is 11.3 Å². The van der Waals surface area contributed by atoms with Gasteiger partial charge in [-0.1, -0.05) is 0 Å². The van der Waals surface area contributed by atoms with Crippen molar-refractivity contribution in [3.8, 4) is 11.3 Å². The van der Waals surface area contributed by atoms with Crippen LogP contribution in [0.2, 0.25) is 0 Å². The van der Waals surface area contributed by atoms with Crippen molar-refractivity contribution in [2.24, 2.45) is 0 Å². The van der Waals surface area contributed by atoms with Gasteiger partial charge in [0.25, 0.3) is 0 Å². The maximum atomic E-state index is 13.2. The Kier molecular flexibility index (Phi) is 3.68. The number of halogens is 3. The Hall–Kier alpha value is -2.97. The van der Waals surface area contributed by atoms with Crippen molar-refractivity contribution in [1.29, 1.82) is 0 Å². The zero-order valence-electron chi connectivity index (χ0n) is 11.7. The summed E-state index contributed by atoms with van der Waals surface area (Å²) in [4.78, 5) is 11.4. The molecular formula is C14H11F3N6. The third-order valence-electron chi connectivity index (χ3n) is 3.12. The highest BCUT2D eigenvalue weighted by Crippen LogP contribution is 2.32. The summed E-state index contributed by atoms with van der Waals surface area (Å²) in [6, 6.07) is 4.23. The molecule has 0 aliphatic rings. The lowest BCUT2D eigenvalue weighted by Gasteiger charge is -2.09. The number of pyridine rings is 1. The maximum Gasteiger partial charge on any atom is 0.433 e. The van der Waals surface area contributed by atoms with Crippen LogP contribution in [-0.4, -0.2) is 24.7 Å². The molecule has 0 unspecified atom stereocenters. The summed E-state index contributed by atoms with van der Waals surface area (Å²) in [5.74, 6) is 0.0426. The minimum absolute atomic E-state index is 0.0206. The molecule has 0 atom stereocenters. The molecule has 118 valence electrons. The van der Waals surface area contributed by atoms with E-state index in [1.807, 2.05) is 0 Å². The lowest BCUT2D eigenvalue weighted by atomic mass is 10.2. The lowest BCUT2D eigenvalue weighted by molar-refractivity contribution is -0.144. The van der Waals surface area contributed by atoms with Crippen molar-refractivity contribution in [2.75, 3.05) is 5.73 Å². The molecule has 3 aromatic heterocycles. The summed E-state index contributed by atoms with van der Waals surface area (Å²) >= 11 is 0. The Morgan fingerprint density at radius 1 is 1.09 bits per heavy atom. The van der Waals surface area contributed by atoms with E-state index in [2.05, 4.69) is 20.1 Å². The largest absolute Gasteiger partial charge is 0.433 e. The minimum Gasteiger partial charge on any atom is -0.368 e. The topological polar surface area (TPSA) is 82.5 Å². The molecule has 23 heavy (non-hydrogen) atoms. The molecular weight excluding hydrogens is 309 g/mol. The number of nitrogens with zero attached hydrogens (tertiary/aromatic N) is 5. The highest BCUT2D eigenvalue weighted by Gasteiger charge is 2.36. The van der Waals surface area contributed by atoms with E-state index in [0.29, 0.717) is 11.1 Å². The SMILES string of the molecule is Nc1ncc(-c2cc(C(F)(F)F)n(Cc3ccncc3)n2)cn1. The zero-order chi connectivity index (χ0) is 16.4. The molecule has 0 spiro atoms. The zero-order valence-corrected chi connectivity index (χ0v) is 11.7. The van der Waals surface area contributed by atoms with E-state index in [1.54, 1.807) is 12.1 Å². The van der Waals surface area contributed by atoms with Crippen molar-refractivity contribution >= 4 is 5.95 Å². The van der Waals surface area contributed by atoms with Gasteiger partial charge in [-0.25, -0.2) is 9.97 Å². The summed E-state index contributed by atoms with van der Waals surface area (Å²) in [5, 5.41) is 4.03. The van der Waals surface area contributed by atoms with Crippen LogP contribution in [0.5, 0.6) is 0 Å². The fraction of sp³-hybridized carbons (Fsp3) is 0.143. The summed E-state index contributed by atoms with van der Waals surface area (Å²) in [5.41, 5.74) is 5.68. The van der Waals surface area contributed by atoms with Crippen LogP contribution in [0.3, 0.4) is 0 Å². The molecule has 0 aliphatic carbocycles. The normalized spacial score (nSPS) is 11.6. The van der Waals surface area contributed by atoms with Crippen molar-refractivity contribution in [2.45, 2.75) is 12.7 Å². The molecule has 0 bridgehead atoms. The van der Waals surface area contributed by atoms with E-state index >= 15 is 0 Å². The predicted octanol–water partition coefficient (Wildman–Crippen LogP) is 2.38. The Labute approximate surface area is 128 Å². The summed E-state index contributed by atoms with van der Waals surface area (Å²) < 4.78 is 40.6. The lowest BCUT2D eigenvalue weighted by Crippen LogP contribution is -2.15. The van der Waals surface area contributed by atoms with Gasteiger partial charge in [0, 0.05) is 30.4 Å². The minimum atomic E-state index is -4.52. The van der Waals surface area contributed by atoms with Crippen molar-refractivity contribution in [1.82, 2.24) is 24.7 Å². The van der Waals surface area contributed by atoms with Gasteiger partial charge in [0.05, 0.1) is 12.2 Å². The van der Waals surface area contributed by atoms with Gasteiger partial charge in [-0.3, -0.25) is 9.67 Å². The first-order valence-corrected chi connectivity index (χ1v) is 6.55. The molecule has 0 radical (unpaired) electrons. The highest BCUT2D eigenvalue weighted by molar-refractivity contribution is 5.57. The summed E-state index contributed by atoms with van der Waals surface area (Å²) in [6.45, 7) is -0.0206. The van der Waals surface area contributed by atoms with Gasteiger partial charge in [0.2, 0.25) is 5.95 Å². The van der Waals surface area contributed by atoms with Gasteiger partial charge < -0.3 is 5.73 Å². The van der Waals surface area contributed by atoms with Crippen molar-refractivity contribution < 1.29 is 13.2 Å². The summed E-state index contributed by atoms with van der Waals surface area (Å²) in [6.07, 6.45) is 1.18. The average molecular weight is 320 g/mol. The number of hydrogen-bond acceptors (Lipinski definition) is 5. The first kappa shape index (κ1) is 14.9. The van der Waals surface area contributed by atoms with Crippen LogP contribution in [0, 0.1) is 0 Å². The number of aromatic nitrogens is 5. The van der Waals surface area contributed by atoms with Gasteiger partial charge in [-0.15, -0.1) is 0 Å². The van der Waals surface area contributed by atoms with E-state index in [0.717, 1.165) is 10.7 Å². The molecule has 3 aromatic rings. The maximum absolute atomic E-state index is 13.2. The average Bonchev–Trinajstić information content (AvgIpc) is 2.93. The van der Waals surface area contributed by atoms with Crippen LogP contribution < -0.4 is 5.73 Å². The third kappa shape index (κ3) is 3.28. The molecule has 9 heteroatoms. The number of alkyl halides is 3. The Morgan fingerprint density at radius 3 is 2.35 bits per heavy atom. The second kappa shape index (κ2) is 5.67. The second-order valence-corrected chi connectivity index (χ2v) is 4.76. The smallest absolute Gasteiger partial charge is 0.368 e. The quantitative estimate of drug-likeness (QED) is 0.801. The third-order valence-corrected chi connectivity index (χ3v) is 3.12. The van der Waals surface area contributed by atoms with E-state index < -0.39 is 11.9 Å². The first-order valence-electron chi connectivity index (χ1n) is 6.55. The van der Waals surface area contributed by atoms with Crippen LogP contribution >= 0.6 is 0 Å². The molecule has 2 N–H and O–H groups in total. The molecule has 0 fully saturated rings. The predicted molar refractivity (Wildman–Crippen MR) is 76.0 cm³/mol. The Bertz CT molecular complexity index is 796. The molecule has 0 aromatic carbocycles.